The number of aromatic nitrogens is 5. The number of carboxylic acid groups (broad SMARTS) is 1. The number of carbonyl (C=O) groups is 1. The fraction of sp³-hybridized carbons (Fsp3) is 0.158. The van der Waals surface area contributed by atoms with Gasteiger partial charge in [-0.1, -0.05) is 23.4 Å². The van der Waals surface area contributed by atoms with E-state index in [0.717, 1.165) is 22.3 Å². The average molecular weight is 347 g/mol. The van der Waals surface area contributed by atoms with E-state index in [1.54, 1.807) is 16.9 Å². The van der Waals surface area contributed by atoms with Gasteiger partial charge >= 0.3 is 5.97 Å². The van der Waals surface area contributed by atoms with Crippen molar-refractivity contribution in [1.82, 2.24) is 24.5 Å². The van der Waals surface area contributed by atoms with Crippen LogP contribution in [-0.4, -0.2) is 35.6 Å². The highest BCUT2D eigenvalue weighted by atomic mass is 16.4. The highest BCUT2D eigenvalue weighted by Gasteiger charge is 2.10. The number of carboxylic acids is 1. The monoisotopic (exact) mass is 347 g/mol. The van der Waals surface area contributed by atoms with Crippen LogP contribution in [-0.2, 0) is 13.1 Å². The van der Waals surface area contributed by atoms with Gasteiger partial charge in [-0.15, -0.1) is 5.10 Å². The molecule has 0 atom stereocenters. The third-order valence-electron chi connectivity index (χ3n) is 4.37. The van der Waals surface area contributed by atoms with Crippen molar-refractivity contribution in [1.29, 1.82) is 0 Å². The summed E-state index contributed by atoms with van der Waals surface area (Å²) in [5.41, 5.74) is 3.85. The van der Waals surface area contributed by atoms with E-state index in [0.29, 0.717) is 13.1 Å². The normalized spacial score (nSPS) is 11.1. The molecular formula is C19H17N5O2. The maximum Gasteiger partial charge on any atom is 0.354 e. The summed E-state index contributed by atoms with van der Waals surface area (Å²) in [5.74, 6) is -1.03. The number of rotatable bonds is 5. The average Bonchev–Trinajstić information content (AvgIpc) is 3.24. The van der Waals surface area contributed by atoms with Crippen molar-refractivity contribution >= 4 is 16.9 Å². The predicted molar refractivity (Wildman–Crippen MR) is 96.1 cm³/mol. The highest BCUT2D eigenvalue weighted by Crippen LogP contribution is 2.16. The van der Waals surface area contributed by atoms with E-state index in [1.165, 1.54) is 5.39 Å². The Bertz CT molecular complexity index is 1100. The largest absolute Gasteiger partial charge is 0.477 e. The highest BCUT2D eigenvalue weighted by molar-refractivity contribution is 5.85. The number of hydrogen-bond donors (Lipinski definition) is 1. The van der Waals surface area contributed by atoms with Gasteiger partial charge in [-0.3, -0.25) is 0 Å². The second kappa shape index (κ2) is 6.44. The zero-order chi connectivity index (χ0) is 18.1. The first kappa shape index (κ1) is 16.0. The van der Waals surface area contributed by atoms with Crippen LogP contribution in [0.3, 0.4) is 0 Å². The molecule has 130 valence electrons. The molecule has 26 heavy (non-hydrogen) atoms. The third-order valence-corrected chi connectivity index (χ3v) is 4.37. The van der Waals surface area contributed by atoms with E-state index < -0.39 is 5.97 Å². The van der Waals surface area contributed by atoms with Gasteiger partial charge in [0.2, 0.25) is 0 Å². The Morgan fingerprint density at radius 2 is 2.04 bits per heavy atom. The van der Waals surface area contributed by atoms with Crippen molar-refractivity contribution in [2.75, 3.05) is 0 Å². The molecule has 0 radical (unpaired) electrons. The van der Waals surface area contributed by atoms with Crippen LogP contribution < -0.4 is 0 Å². The molecular weight excluding hydrogens is 330 g/mol. The van der Waals surface area contributed by atoms with Crippen LogP contribution in [0.4, 0.5) is 0 Å². The summed E-state index contributed by atoms with van der Waals surface area (Å²) in [6.07, 6.45) is 5.53. The molecule has 3 aromatic heterocycles. The number of aromatic carboxylic acids is 1. The summed E-state index contributed by atoms with van der Waals surface area (Å²) in [5, 5.41) is 18.6. The van der Waals surface area contributed by atoms with Crippen molar-refractivity contribution < 1.29 is 9.90 Å². The first-order chi connectivity index (χ1) is 12.6. The molecule has 4 rings (SSSR count). The summed E-state index contributed by atoms with van der Waals surface area (Å²) >= 11 is 0. The first-order valence-electron chi connectivity index (χ1n) is 8.22. The van der Waals surface area contributed by atoms with Gasteiger partial charge in [0.15, 0.2) is 0 Å². The summed E-state index contributed by atoms with van der Waals surface area (Å²) in [7, 11) is 0. The van der Waals surface area contributed by atoms with E-state index in [-0.39, 0.29) is 5.69 Å². The molecule has 0 fully saturated rings. The van der Waals surface area contributed by atoms with Crippen LogP contribution in [0.5, 0.6) is 0 Å². The molecule has 4 aromatic rings. The Kier molecular flexibility index (Phi) is 3.96. The third kappa shape index (κ3) is 3.06. The quantitative estimate of drug-likeness (QED) is 0.600. The van der Waals surface area contributed by atoms with Crippen LogP contribution in [0.1, 0.15) is 27.3 Å². The zero-order valence-corrected chi connectivity index (χ0v) is 14.2. The molecule has 1 N–H and O–H groups in total. The fourth-order valence-corrected chi connectivity index (χ4v) is 2.98. The minimum absolute atomic E-state index is 0.0463. The second-order valence-corrected chi connectivity index (χ2v) is 6.21. The van der Waals surface area contributed by atoms with E-state index in [9.17, 15) is 4.79 Å². The zero-order valence-electron chi connectivity index (χ0n) is 14.2. The lowest BCUT2D eigenvalue weighted by Crippen LogP contribution is -2.06. The molecule has 0 unspecified atom stereocenters. The number of benzene rings is 1. The molecule has 1 aromatic carbocycles. The number of aryl methyl sites for hydroxylation is 1. The lowest BCUT2D eigenvalue weighted by Gasteiger charge is -2.06. The van der Waals surface area contributed by atoms with E-state index >= 15 is 0 Å². The Balaban J connectivity index is 1.52. The van der Waals surface area contributed by atoms with Gasteiger partial charge < -0.3 is 9.67 Å². The van der Waals surface area contributed by atoms with Crippen molar-refractivity contribution in [3.05, 3.63) is 77.5 Å². The number of nitrogens with zero attached hydrogens (tertiary/aromatic N) is 5. The van der Waals surface area contributed by atoms with Crippen LogP contribution in [0.2, 0.25) is 0 Å². The Hall–Kier alpha value is -3.48. The Morgan fingerprint density at radius 1 is 1.19 bits per heavy atom. The molecule has 0 aliphatic rings. The SMILES string of the molecule is Cc1cc(C(=O)O)ncc1Cn1cc(Cn2ccc3ccccc32)nn1. The van der Waals surface area contributed by atoms with Crippen LogP contribution in [0.15, 0.2) is 55.0 Å². The first-order valence-corrected chi connectivity index (χ1v) is 8.22. The predicted octanol–water partition coefficient (Wildman–Crippen LogP) is 2.73. The van der Waals surface area contributed by atoms with Crippen LogP contribution in [0, 0.1) is 6.92 Å². The van der Waals surface area contributed by atoms with Crippen LogP contribution >= 0.6 is 0 Å². The van der Waals surface area contributed by atoms with Gasteiger partial charge in [0.25, 0.3) is 0 Å². The molecule has 7 heteroatoms. The van der Waals surface area contributed by atoms with E-state index in [1.807, 2.05) is 31.5 Å². The molecule has 3 heterocycles. The molecule has 0 spiro atoms. The maximum absolute atomic E-state index is 11.0. The standard InChI is InChI=1S/C19H17N5O2/c1-13-8-17(19(25)26)20-9-15(13)10-24-12-16(21-22-24)11-23-7-6-14-4-2-3-5-18(14)23/h2-9,12H,10-11H2,1H3,(H,25,26). The second-order valence-electron chi connectivity index (χ2n) is 6.21. The fourth-order valence-electron chi connectivity index (χ4n) is 2.98. The van der Waals surface area contributed by atoms with Gasteiger partial charge in [-0.25, -0.2) is 14.5 Å². The number of pyridine rings is 1. The minimum atomic E-state index is -1.03. The lowest BCUT2D eigenvalue weighted by molar-refractivity contribution is 0.0690. The van der Waals surface area contributed by atoms with Gasteiger partial charge in [0.1, 0.15) is 11.4 Å². The molecule has 0 aliphatic heterocycles. The summed E-state index contributed by atoms with van der Waals surface area (Å²) in [4.78, 5) is 15.0. The van der Waals surface area contributed by atoms with Crippen molar-refractivity contribution in [3.63, 3.8) is 0 Å². The topological polar surface area (TPSA) is 85.8 Å². The molecule has 0 saturated heterocycles. The van der Waals surface area contributed by atoms with Crippen molar-refractivity contribution in [2.45, 2.75) is 20.0 Å². The van der Waals surface area contributed by atoms with Crippen molar-refractivity contribution in [2.24, 2.45) is 0 Å². The van der Waals surface area contributed by atoms with E-state index in [2.05, 4.69) is 38.1 Å². The molecule has 0 amide bonds. The maximum atomic E-state index is 11.0. The van der Waals surface area contributed by atoms with Crippen LogP contribution in [0.25, 0.3) is 10.9 Å². The molecule has 0 bridgehead atoms. The minimum Gasteiger partial charge on any atom is -0.477 e. The number of para-hydroxylation sites is 1. The number of fused-ring (bicyclic) bond motifs is 1. The smallest absolute Gasteiger partial charge is 0.354 e. The molecule has 0 aliphatic carbocycles. The molecule has 0 saturated carbocycles. The van der Waals surface area contributed by atoms with E-state index in [4.69, 9.17) is 5.11 Å². The van der Waals surface area contributed by atoms with Gasteiger partial charge in [0.05, 0.1) is 19.3 Å². The molecule has 7 nitrogen and oxygen atoms in total. The van der Waals surface area contributed by atoms with Gasteiger partial charge in [-0.2, -0.15) is 0 Å². The number of hydrogen-bond acceptors (Lipinski definition) is 4. The summed E-state index contributed by atoms with van der Waals surface area (Å²) in [6.45, 7) is 3.01. The summed E-state index contributed by atoms with van der Waals surface area (Å²) in [6, 6.07) is 11.9. The summed E-state index contributed by atoms with van der Waals surface area (Å²) < 4.78 is 3.88. The lowest BCUT2D eigenvalue weighted by atomic mass is 10.1. The Morgan fingerprint density at radius 3 is 2.85 bits per heavy atom. The van der Waals surface area contributed by atoms with Gasteiger partial charge in [-0.05, 0) is 41.6 Å². The van der Waals surface area contributed by atoms with Crippen molar-refractivity contribution in [3.8, 4) is 0 Å². The van der Waals surface area contributed by atoms with Gasteiger partial charge in [0, 0.05) is 17.9 Å². The Labute approximate surface area is 149 Å².